The highest BCUT2D eigenvalue weighted by Crippen LogP contribution is 2.14. The van der Waals surface area contributed by atoms with Crippen LogP contribution >= 0.6 is 0 Å². The molecular weight excluding hydrogens is 318 g/mol. The summed E-state index contributed by atoms with van der Waals surface area (Å²) in [7, 11) is 0. The molecule has 0 fully saturated rings. The third-order valence-electron chi connectivity index (χ3n) is 4.37. The van der Waals surface area contributed by atoms with E-state index >= 15 is 0 Å². The number of rotatable bonds is 4. The number of aryl methyl sites for hydroxylation is 1. The van der Waals surface area contributed by atoms with Crippen LogP contribution in [-0.2, 0) is 19.5 Å². The molecule has 1 N–H and O–H groups in total. The minimum absolute atomic E-state index is 0.158. The molecule has 4 rings (SSSR count). The minimum atomic E-state index is -0.158. The largest absolute Gasteiger partial charge is 0.345 e. The van der Waals surface area contributed by atoms with E-state index in [-0.39, 0.29) is 5.91 Å². The van der Waals surface area contributed by atoms with Gasteiger partial charge in [0.15, 0.2) is 5.82 Å². The predicted molar refractivity (Wildman–Crippen MR) is 90.1 cm³/mol. The van der Waals surface area contributed by atoms with E-state index in [1.54, 1.807) is 41.6 Å². The number of hydrogen-bond acceptors (Lipinski definition) is 5. The standard InChI is InChI=1S/C17H19N7O/c25-17(13-5-6-19-15(10-13)23-9-7-18-12-23)20-11-16-22-21-14-4-2-1-3-8-24(14)16/h5-7,9-10,12H,1-4,8,11H2,(H,20,25). The maximum Gasteiger partial charge on any atom is 0.251 e. The van der Waals surface area contributed by atoms with Crippen LogP contribution in [0.15, 0.2) is 37.1 Å². The minimum Gasteiger partial charge on any atom is -0.345 e. The first-order valence-electron chi connectivity index (χ1n) is 8.45. The number of aromatic nitrogens is 6. The van der Waals surface area contributed by atoms with Gasteiger partial charge in [-0.1, -0.05) is 6.42 Å². The molecule has 1 aliphatic heterocycles. The molecule has 0 saturated carbocycles. The molecule has 0 spiro atoms. The Morgan fingerprint density at radius 2 is 2.16 bits per heavy atom. The molecule has 1 aliphatic rings. The average Bonchev–Trinajstić information content (AvgIpc) is 3.25. The highest BCUT2D eigenvalue weighted by Gasteiger charge is 2.15. The SMILES string of the molecule is O=C(NCc1nnc2n1CCCCC2)c1ccnc(-n2ccnc2)c1. The van der Waals surface area contributed by atoms with Gasteiger partial charge in [0, 0.05) is 37.1 Å². The molecule has 8 nitrogen and oxygen atoms in total. The van der Waals surface area contributed by atoms with Gasteiger partial charge in [-0.25, -0.2) is 9.97 Å². The van der Waals surface area contributed by atoms with E-state index in [1.807, 2.05) is 0 Å². The number of amides is 1. The first kappa shape index (κ1) is 15.5. The van der Waals surface area contributed by atoms with Crippen molar-refractivity contribution in [2.75, 3.05) is 0 Å². The molecule has 0 saturated heterocycles. The predicted octanol–water partition coefficient (Wildman–Crippen LogP) is 1.52. The van der Waals surface area contributed by atoms with E-state index in [0.29, 0.717) is 17.9 Å². The van der Waals surface area contributed by atoms with Crippen molar-refractivity contribution in [1.29, 1.82) is 0 Å². The van der Waals surface area contributed by atoms with Gasteiger partial charge in [-0.05, 0) is 25.0 Å². The first-order chi connectivity index (χ1) is 12.3. The summed E-state index contributed by atoms with van der Waals surface area (Å²) in [6, 6.07) is 3.43. The van der Waals surface area contributed by atoms with E-state index in [2.05, 4.69) is 30.0 Å². The molecule has 0 radical (unpaired) electrons. The van der Waals surface area contributed by atoms with Gasteiger partial charge in [0.05, 0.1) is 6.54 Å². The Morgan fingerprint density at radius 1 is 1.20 bits per heavy atom. The fourth-order valence-corrected chi connectivity index (χ4v) is 3.03. The third-order valence-corrected chi connectivity index (χ3v) is 4.37. The monoisotopic (exact) mass is 337 g/mol. The van der Waals surface area contributed by atoms with Gasteiger partial charge in [0.25, 0.3) is 5.91 Å². The summed E-state index contributed by atoms with van der Waals surface area (Å²) in [4.78, 5) is 20.7. The zero-order valence-electron chi connectivity index (χ0n) is 13.8. The molecule has 3 aromatic heterocycles. The fraction of sp³-hybridized carbons (Fsp3) is 0.353. The maximum atomic E-state index is 12.5. The molecule has 128 valence electrons. The van der Waals surface area contributed by atoms with Gasteiger partial charge in [0.1, 0.15) is 18.0 Å². The van der Waals surface area contributed by atoms with Crippen molar-refractivity contribution < 1.29 is 4.79 Å². The van der Waals surface area contributed by atoms with Crippen molar-refractivity contribution in [1.82, 2.24) is 34.6 Å². The molecule has 4 heterocycles. The summed E-state index contributed by atoms with van der Waals surface area (Å²) >= 11 is 0. The summed E-state index contributed by atoms with van der Waals surface area (Å²) < 4.78 is 3.89. The van der Waals surface area contributed by atoms with Crippen LogP contribution in [-0.4, -0.2) is 35.2 Å². The quantitative estimate of drug-likeness (QED) is 0.779. The molecule has 0 aliphatic carbocycles. The summed E-state index contributed by atoms with van der Waals surface area (Å²) in [5.74, 6) is 2.33. The molecule has 25 heavy (non-hydrogen) atoms. The van der Waals surface area contributed by atoms with Gasteiger partial charge in [-0.3, -0.25) is 9.36 Å². The molecule has 1 amide bonds. The Balaban J connectivity index is 1.46. The van der Waals surface area contributed by atoms with Gasteiger partial charge in [0.2, 0.25) is 0 Å². The van der Waals surface area contributed by atoms with E-state index < -0.39 is 0 Å². The molecule has 0 aromatic carbocycles. The number of hydrogen-bond donors (Lipinski definition) is 1. The Bertz CT molecular complexity index is 869. The van der Waals surface area contributed by atoms with E-state index in [9.17, 15) is 4.79 Å². The lowest BCUT2D eigenvalue weighted by atomic mass is 10.2. The Labute approximate surface area is 144 Å². The molecule has 0 bridgehead atoms. The maximum absolute atomic E-state index is 12.5. The van der Waals surface area contributed by atoms with Gasteiger partial charge in [-0.2, -0.15) is 0 Å². The number of fused-ring (bicyclic) bond motifs is 1. The van der Waals surface area contributed by atoms with Crippen LogP contribution in [0, 0.1) is 0 Å². The topological polar surface area (TPSA) is 90.5 Å². The number of carbonyl (C=O) groups excluding carboxylic acids is 1. The second kappa shape index (κ2) is 6.84. The van der Waals surface area contributed by atoms with Crippen LogP contribution in [0.2, 0.25) is 0 Å². The van der Waals surface area contributed by atoms with Gasteiger partial charge in [-0.15, -0.1) is 10.2 Å². The van der Waals surface area contributed by atoms with E-state index in [4.69, 9.17) is 0 Å². The first-order valence-corrected chi connectivity index (χ1v) is 8.45. The summed E-state index contributed by atoms with van der Waals surface area (Å²) in [5, 5.41) is 11.4. The number of carbonyl (C=O) groups is 1. The summed E-state index contributed by atoms with van der Waals surface area (Å²) in [6.45, 7) is 1.29. The lowest BCUT2D eigenvalue weighted by Gasteiger charge is -2.09. The van der Waals surface area contributed by atoms with Crippen LogP contribution < -0.4 is 5.32 Å². The van der Waals surface area contributed by atoms with Crippen molar-refractivity contribution >= 4 is 5.91 Å². The van der Waals surface area contributed by atoms with Crippen molar-refractivity contribution in [2.45, 2.75) is 38.8 Å². The van der Waals surface area contributed by atoms with Crippen LogP contribution in [0.25, 0.3) is 5.82 Å². The van der Waals surface area contributed by atoms with Crippen molar-refractivity contribution in [2.24, 2.45) is 0 Å². The fourth-order valence-electron chi connectivity index (χ4n) is 3.03. The number of nitrogens with zero attached hydrogens (tertiary/aromatic N) is 6. The van der Waals surface area contributed by atoms with Crippen LogP contribution in [0.1, 0.15) is 41.3 Å². The third kappa shape index (κ3) is 3.28. The zero-order chi connectivity index (χ0) is 17.1. The molecule has 0 atom stereocenters. The molecular formula is C17H19N7O. The van der Waals surface area contributed by atoms with Gasteiger partial charge >= 0.3 is 0 Å². The lowest BCUT2D eigenvalue weighted by molar-refractivity contribution is 0.0949. The zero-order valence-corrected chi connectivity index (χ0v) is 13.8. The van der Waals surface area contributed by atoms with Crippen molar-refractivity contribution in [3.05, 3.63) is 54.3 Å². The van der Waals surface area contributed by atoms with E-state index in [1.165, 1.54) is 6.42 Å². The lowest BCUT2D eigenvalue weighted by Crippen LogP contribution is -2.25. The Morgan fingerprint density at radius 3 is 3.04 bits per heavy atom. The highest BCUT2D eigenvalue weighted by atomic mass is 16.1. The van der Waals surface area contributed by atoms with Gasteiger partial charge < -0.3 is 9.88 Å². The second-order valence-electron chi connectivity index (χ2n) is 6.05. The number of nitrogens with one attached hydrogen (secondary N) is 1. The summed E-state index contributed by atoms with van der Waals surface area (Å²) in [5.41, 5.74) is 0.550. The Hall–Kier alpha value is -3.03. The second-order valence-corrected chi connectivity index (χ2v) is 6.05. The molecule has 3 aromatic rings. The smallest absolute Gasteiger partial charge is 0.251 e. The molecule has 0 unspecified atom stereocenters. The van der Waals surface area contributed by atoms with E-state index in [0.717, 1.165) is 37.5 Å². The highest BCUT2D eigenvalue weighted by molar-refractivity contribution is 5.94. The normalized spacial score (nSPS) is 13.9. The summed E-state index contributed by atoms with van der Waals surface area (Å²) in [6.07, 6.45) is 11.2. The van der Waals surface area contributed by atoms with Crippen LogP contribution in [0.4, 0.5) is 0 Å². The molecule has 8 heteroatoms. The van der Waals surface area contributed by atoms with Crippen LogP contribution in [0.3, 0.4) is 0 Å². The number of pyridine rings is 1. The van der Waals surface area contributed by atoms with Crippen molar-refractivity contribution in [3.8, 4) is 5.82 Å². The number of imidazole rings is 1. The Kier molecular flexibility index (Phi) is 4.24. The van der Waals surface area contributed by atoms with Crippen LogP contribution in [0.5, 0.6) is 0 Å². The average molecular weight is 337 g/mol. The van der Waals surface area contributed by atoms with Crippen molar-refractivity contribution in [3.63, 3.8) is 0 Å².